The SMILES string of the molecule is CN1CCOc2ccc(NC=C3C(=O)OC(C)(C)OC3=O)cc2C1=O. The maximum atomic E-state index is 12.3. The largest absolute Gasteiger partial charge is 0.491 e. The molecule has 2 aliphatic rings. The molecule has 1 aromatic carbocycles. The standard InChI is InChI=1S/C17H18N2O6/c1-17(2)24-15(21)12(16(22)25-17)9-18-10-4-5-13-11(8-10)14(20)19(3)6-7-23-13/h4-5,8-9,18H,6-7H2,1-3H3. The lowest BCUT2D eigenvalue weighted by molar-refractivity contribution is -0.222. The molecule has 0 unspecified atom stereocenters. The molecular formula is C17H18N2O6. The third-order valence-corrected chi connectivity index (χ3v) is 3.74. The quantitative estimate of drug-likeness (QED) is 0.490. The number of likely N-dealkylation sites (N-methyl/N-ethyl adjacent to an activating group) is 1. The fraction of sp³-hybridized carbons (Fsp3) is 0.353. The highest BCUT2D eigenvalue weighted by molar-refractivity contribution is 6.15. The first-order chi connectivity index (χ1) is 11.8. The lowest BCUT2D eigenvalue weighted by Crippen LogP contribution is -2.42. The zero-order valence-electron chi connectivity index (χ0n) is 14.1. The zero-order valence-corrected chi connectivity index (χ0v) is 14.1. The van der Waals surface area contributed by atoms with Crippen LogP contribution >= 0.6 is 0 Å². The van der Waals surface area contributed by atoms with Gasteiger partial charge in [0.25, 0.3) is 11.7 Å². The summed E-state index contributed by atoms with van der Waals surface area (Å²) in [5.41, 5.74) is 0.663. The minimum Gasteiger partial charge on any atom is -0.491 e. The van der Waals surface area contributed by atoms with Crippen molar-refractivity contribution in [3.63, 3.8) is 0 Å². The maximum Gasteiger partial charge on any atom is 0.350 e. The summed E-state index contributed by atoms with van der Waals surface area (Å²) in [5.74, 6) is -2.51. The van der Waals surface area contributed by atoms with Crippen LogP contribution in [0.15, 0.2) is 30.0 Å². The highest BCUT2D eigenvalue weighted by Crippen LogP contribution is 2.27. The number of cyclic esters (lactones) is 2. The third kappa shape index (κ3) is 3.42. The number of rotatable bonds is 2. The molecule has 1 amide bonds. The van der Waals surface area contributed by atoms with Crippen molar-refractivity contribution in [2.75, 3.05) is 25.5 Å². The average Bonchev–Trinajstić information content (AvgIpc) is 2.65. The number of hydrogen-bond donors (Lipinski definition) is 1. The molecule has 0 radical (unpaired) electrons. The van der Waals surface area contributed by atoms with Gasteiger partial charge in [-0.1, -0.05) is 0 Å². The summed E-state index contributed by atoms with van der Waals surface area (Å²) in [5, 5.41) is 2.82. The number of fused-ring (bicyclic) bond motifs is 1. The van der Waals surface area contributed by atoms with Crippen molar-refractivity contribution in [1.82, 2.24) is 4.90 Å². The summed E-state index contributed by atoms with van der Waals surface area (Å²) in [6.45, 7) is 3.86. The number of anilines is 1. The van der Waals surface area contributed by atoms with Gasteiger partial charge in [0.1, 0.15) is 12.4 Å². The Morgan fingerprint density at radius 2 is 1.84 bits per heavy atom. The van der Waals surface area contributed by atoms with Gasteiger partial charge in [0.15, 0.2) is 5.57 Å². The molecule has 0 aliphatic carbocycles. The number of carbonyl (C=O) groups is 3. The Morgan fingerprint density at radius 1 is 1.16 bits per heavy atom. The van der Waals surface area contributed by atoms with Gasteiger partial charge in [-0.05, 0) is 18.2 Å². The second kappa shape index (κ2) is 6.12. The Morgan fingerprint density at radius 3 is 2.52 bits per heavy atom. The van der Waals surface area contributed by atoms with Gasteiger partial charge in [0, 0.05) is 32.8 Å². The topological polar surface area (TPSA) is 94.2 Å². The second-order valence-electron chi connectivity index (χ2n) is 6.17. The fourth-order valence-corrected chi connectivity index (χ4v) is 2.45. The van der Waals surface area contributed by atoms with Gasteiger partial charge in [0.2, 0.25) is 0 Å². The van der Waals surface area contributed by atoms with Gasteiger partial charge in [-0.2, -0.15) is 0 Å². The maximum absolute atomic E-state index is 12.3. The van der Waals surface area contributed by atoms with Crippen LogP contribution in [-0.2, 0) is 19.1 Å². The number of ether oxygens (including phenoxy) is 3. The van der Waals surface area contributed by atoms with Gasteiger partial charge in [-0.15, -0.1) is 0 Å². The van der Waals surface area contributed by atoms with Crippen molar-refractivity contribution in [3.05, 3.63) is 35.5 Å². The lowest BCUT2D eigenvalue weighted by atomic mass is 10.1. The van der Waals surface area contributed by atoms with Crippen LogP contribution in [0, 0.1) is 0 Å². The first-order valence-electron chi connectivity index (χ1n) is 7.72. The van der Waals surface area contributed by atoms with E-state index >= 15 is 0 Å². The Labute approximate surface area is 144 Å². The monoisotopic (exact) mass is 346 g/mol. The molecule has 0 saturated carbocycles. The number of nitrogens with one attached hydrogen (secondary N) is 1. The molecule has 132 valence electrons. The number of carbonyl (C=O) groups excluding carboxylic acids is 3. The second-order valence-corrected chi connectivity index (χ2v) is 6.17. The summed E-state index contributed by atoms with van der Waals surface area (Å²) in [6.07, 6.45) is 1.20. The Hall–Kier alpha value is -3.03. The van der Waals surface area contributed by atoms with E-state index in [0.717, 1.165) is 0 Å². The van der Waals surface area contributed by atoms with E-state index in [1.807, 2.05) is 0 Å². The van der Waals surface area contributed by atoms with Gasteiger partial charge < -0.3 is 24.4 Å². The van der Waals surface area contributed by atoms with Crippen molar-refractivity contribution >= 4 is 23.5 Å². The third-order valence-electron chi connectivity index (χ3n) is 3.74. The molecule has 0 bridgehead atoms. The molecule has 8 nitrogen and oxygen atoms in total. The molecule has 3 rings (SSSR count). The van der Waals surface area contributed by atoms with Crippen LogP contribution in [0.25, 0.3) is 0 Å². The number of amides is 1. The number of benzene rings is 1. The van der Waals surface area contributed by atoms with Gasteiger partial charge >= 0.3 is 11.9 Å². The molecule has 0 aromatic heterocycles. The Bertz CT molecular complexity index is 761. The molecule has 8 heteroatoms. The molecule has 25 heavy (non-hydrogen) atoms. The van der Waals surface area contributed by atoms with Gasteiger partial charge in [-0.3, -0.25) is 4.79 Å². The summed E-state index contributed by atoms with van der Waals surface area (Å²) >= 11 is 0. The minimum atomic E-state index is -1.29. The van der Waals surface area contributed by atoms with Crippen molar-refractivity contribution in [2.24, 2.45) is 0 Å². The molecule has 1 saturated heterocycles. The van der Waals surface area contributed by atoms with E-state index in [9.17, 15) is 14.4 Å². The summed E-state index contributed by atoms with van der Waals surface area (Å²) in [4.78, 5) is 37.7. The molecule has 0 spiro atoms. The molecule has 1 fully saturated rings. The summed E-state index contributed by atoms with van der Waals surface area (Å²) in [6, 6.07) is 4.94. The molecule has 1 N–H and O–H groups in total. The molecule has 2 heterocycles. The van der Waals surface area contributed by atoms with Crippen LogP contribution in [-0.4, -0.2) is 48.7 Å². The molecule has 1 aromatic rings. The van der Waals surface area contributed by atoms with Crippen molar-refractivity contribution in [3.8, 4) is 5.75 Å². The summed E-state index contributed by atoms with van der Waals surface area (Å²) in [7, 11) is 1.69. The smallest absolute Gasteiger partial charge is 0.350 e. The molecule has 2 aliphatic heterocycles. The van der Waals surface area contributed by atoms with Crippen LogP contribution in [0.3, 0.4) is 0 Å². The zero-order chi connectivity index (χ0) is 18.2. The van der Waals surface area contributed by atoms with Crippen LogP contribution in [0.1, 0.15) is 24.2 Å². The Kier molecular flexibility index (Phi) is 4.12. The van der Waals surface area contributed by atoms with E-state index in [4.69, 9.17) is 14.2 Å². The van der Waals surface area contributed by atoms with Crippen LogP contribution in [0.2, 0.25) is 0 Å². The minimum absolute atomic E-state index is 0.165. The highest BCUT2D eigenvalue weighted by Gasteiger charge is 2.39. The molecule has 0 atom stereocenters. The van der Waals surface area contributed by atoms with Crippen molar-refractivity contribution in [2.45, 2.75) is 19.6 Å². The van der Waals surface area contributed by atoms with E-state index in [0.29, 0.717) is 30.2 Å². The number of esters is 2. The predicted molar refractivity (Wildman–Crippen MR) is 86.9 cm³/mol. The van der Waals surface area contributed by atoms with E-state index in [1.54, 1.807) is 30.1 Å². The van der Waals surface area contributed by atoms with Crippen LogP contribution in [0.4, 0.5) is 5.69 Å². The van der Waals surface area contributed by atoms with Gasteiger partial charge in [0.05, 0.1) is 12.1 Å². The van der Waals surface area contributed by atoms with Crippen LogP contribution < -0.4 is 10.1 Å². The highest BCUT2D eigenvalue weighted by atomic mass is 16.7. The Balaban J connectivity index is 1.83. The first kappa shape index (κ1) is 16.8. The average molecular weight is 346 g/mol. The van der Waals surface area contributed by atoms with Crippen molar-refractivity contribution in [1.29, 1.82) is 0 Å². The van der Waals surface area contributed by atoms with E-state index in [-0.39, 0.29) is 11.5 Å². The normalized spacial score (nSPS) is 19.2. The van der Waals surface area contributed by atoms with E-state index in [2.05, 4.69) is 5.32 Å². The van der Waals surface area contributed by atoms with E-state index < -0.39 is 17.7 Å². The van der Waals surface area contributed by atoms with Gasteiger partial charge in [-0.25, -0.2) is 9.59 Å². The first-order valence-corrected chi connectivity index (χ1v) is 7.72. The lowest BCUT2D eigenvalue weighted by Gasteiger charge is -2.29. The van der Waals surface area contributed by atoms with Crippen LogP contribution in [0.5, 0.6) is 5.75 Å². The fourth-order valence-electron chi connectivity index (χ4n) is 2.45. The predicted octanol–water partition coefficient (Wildman–Crippen LogP) is 1.28. The van der Waals surface area contributed by atoms with E-state index in [1.165, 1.54) is 20.0 Å². The number of hydrogen-bond acceptors (Lipinski definition) is 7. The van der Waals surface area contributed by atoms with Crippen molar-refractivity contribution < 1.29 is 28.6 Å². The number of nitrogens with zero attached hydrogens (tertiary/aromatic N) is 1. The summed E-state index contributed by atoms with van der Waals surface area (Å²) < 4.78 is 15.6. The molecular weight excluding hydrogens is 328 g/mol.